The minimum Gasteiger partial charge on any atom is -0.339 e. The Morgan fingerprint density at radius 1 is 0.952 bits per heavy atom. The van der Waals surface area contributed by atoms with Gasteiger partial charge in [-0.2, -0.15) is 0 Å². The highest BCUT2D eigenvalue weighted by atomic mass is 16.2. The Kier molecular flexibility index (Phi) is 2.21. The predicted octanol–water partition coefficient (Wildman–Crippen LogP) is 3.32. The molecule has 2 aromatic rings. The summed E-state index contributed by atoms with van der Waals surface area (Å²) in [4.78, 5) is 14.4. The molecule has 0 radical (unpaired) electrons. The number of hydrogen-bond acceptors (Lipinski definition) is 1. The van der Waals surface area contributed by atoms with E-state index in [1.54, 1.807) is 0 Å². The van der Waals surface area contributed by atoms with E-state index in [0.29, 0.717) is 12.3 Å². The summed E-state index contributed by atoms with van der Waals surface area (Å²) in [5.41, 5.74) is 6.93. The normalized spacial score (nSPS) is 20.8. The molecule has 1 aromatic heterocycles. The van der Waals surface area contributed by atoms with Gasteiger partial charge in [0.15, 0.2) is 0 Å². The van der Waals surface area contributed by atoms with E-state index >= 15 is 0 Å². The van der Waals surface area contributed by atoms with Gasteiger partial charge in [-0.1, -0.05) is 18.2 Å². The van der Waals surface area contributed by atoms with E-state index in [9.17, 15) is 4.79 Å². The van der Waals surface area contributed by atoms with Crippen LogP contribution in [0.3, 0.4) is 0 Å². The molecule has 5 rings (SSSR count). The molecule has 3 aliphatic rings. The van der Waals surface area contributed by atoms with Crippen LogP contribution < -0.4 is 0 Å². The number of nitrogens with zero attached hydrogens (tertiary/aromatic N) is 2. The first-order chi connectivity index (χ1) is 10.3. The van der Waals surface area contributed by atoms with Crippen molar-refractivity contribution < 1.29 is 4.79 Å². The number of para-hydroxylation sites is 1. The van der Waals surface area contributed by atoms with E-state index in [-0.39, 0.29) is 0 Å². The average Bonchev–Trinajstić information content (AvgIpc) is 2.71. The van der Waals surface area contributed by atoms with Crippen LogP contribution >= 0.6 is 0 Å². The molecule has 4 heterocycles. The Morgan fingerprint density at radius 2 is 1.86 bits per heavy atom. The summed E-state index contributed by atoms with van der Waals surface area (Å²) in [7, 11) is 0. The van der Waals surface area contributed by atoms with Crippen molar-refractivity contribution in [1.82, 2.24) is 9.47 Å². The average molecular weight is 278 g/mol. The molecule has 0 spiro atoms. The maximum atomic E-state index is 12.3. The van der Waals surface area contributed by atoms with Crippen LogP contribution in [0.15, 0.2) is 29.8 Å². The number of hydrogen-bond donors (Lipinski definition) is 0. The van der Waals surface area contributed by atoms with E-state index in [1.807, 2.05) is 0 Å². The van der Waals surface area contributed by atoms with E-state index in [1.165, 1.54) is 39.9 Å². The first kappa shape index (κ1) is 11.6. The second-order valence-electron chi connectivity index (χ2n) is 6.35. The van der Waals surface area contributed by atoms with Crippen molar-refractivity contribution in [3.8, 4) is 0 Å². The van der Waals surface area contributed by atoms with Gasteiger partial charge in [0.1, 0.15) is 0 Å². The number of rotatable bonds is 0. The topological polar surface area (TPSA) is 25.2 Å². The molecule has 1 aromatic carbocycles. The lowest BCUT2D eigenvalue weighted by molar-refractivity contribution is -0.128. The fraction of sp³-hybridized carbons (Fsp3) is 0.389. The standard InChI is InChI=1S/C18H18N2O/c21-16-8-7-12-4-3-10-19-15-6-2-1-5-13(15)14-9-11-20(16)17(12)18(14)19/h1-2,5-6H,3-4,7-11H2. The van der Waals surface area contributed by atoms with Gasteiger partial charge in [-0.3, -0.25) is 4.79 Å². The smallest absolute Gasteiger partial charge is 0.227 e. The lowest BCUT2D eigenvalue weighted by Gasteiger charge is -2.35. The van der Waals surface area contributed by atoms with Gasteiger partial charge in [-0.25, -0.2) is 0 Å². The van der Waals surface area contributed by atoms with Gasteiger partial charge in [-0.15, -0.1) is 0 Å². The number of carbonyl (C=O) groups is 1. The molecule has 0 saturated heterocycles. The maximum absolute atomic E-state index is 12.3. The molecule has 3 aliphatic heterocycles. The van der Waals surface area contributed by atoms with Crippen LogP contribution in [0, 0.1) is 0 Å². The molecule has 0 fully saturated rings. The fourth-order valence-electron chi connectivity index (χ4n) is 4.41. The van der Waals surface area contributed by atoms with Crippen LogP contribution in [0.5, 0.6) is 0 Å². The minimum absolute atomic E-state index is 0.318. The SMILES string of the molecule is O=C1CCC2=C3c4c(c5ccccc5n4CCC2)CCN13. The molecule has 0 N–H and O–H groups in total. The largest absolute Gasteiger partial charge is 0.339 e. The van der Waals surface area contributed by atoms with Gasteiger partial charge in [-0.05, 0) is 42.9 Å². The highest BCUT2D eigenvalue weighted by Gasteiger charge is 2.36. The molecule has 0 saturated carbocycles. The second-order valence-corrected chi connectivity index (χ2v) is 6.35. The Balaban J connectivity index is 1.91. The van der Waals surface area contributed by atoms with Gasteiger partial charge >= 0.3 is 0 Å². The van der Waals surface area contributed by atoms with Crippen molar-refractivity contribution in [3.63, 3.8) is 0 Å². The van der Waals surface area contributed by atoms with Gasteiger partial charge < -0.3 is 9.47 Å². The first-order valence-electron chi connectivity index (χ1n) is 7.97. The third-order valence-electron chi connectivity index (χ3n) is 5.29. The highest BCUT2D eigenvalue weighted by Crippen LogP contribution is 2.43. The fourth-order valence-corrected chi connectivity index (χ4v) is 4.41. The Hall–Kier alpha value is -2.03. The summed E-state index contributed by atoms with van der Waals surface area (Å²) in [5.74, 6) is 0.318. The molecule has 21 heavy (non-hydrogen) atoms. The van der Waals surface area contributed by atoms with E-state index in [0.717, 1.165) is 32.4 Å². The molecule has 0 unspecified atom stereocenters. The van der Waals surface area contributed by atoms with Crippen molar-refractivity contribution >= 4 is 22.5 Å². The predicted molar refractivity (Wildman–Crippen MR) is 82.7 cm³/mol. The molecule has 3 nitrogen and oxygen atoms in total. The molecule has 3 heteroatoms. The third-order valence-corrected chi connectivity index (χ3v) is 5.29. The van der Waals surface area contributed by atoms with Crippen molar-refractivity contribution in [3.05, 3.63) is 41.1 Å². The number of benzene rings is 1. The first-order valence-corrected chi connectivity index (χ1v) is 7.97. The molecular formula is C18H18N2O. The van der Waals surface area contributed by atoms with Crippen molar-refractivity contribution in [2.45, 2.75) is 38.6 Å². The van der Waals surface area contributed by atoms with Crippen LogP contribution in [-0.4, -0.2) is 21.9 Å². The number of allylic oxidation sites excluding steroid dienone is 1. The lowest BCUT2D eigenvalue weighted by Crippen LogP contribution is -2.38. The molecular weight excluding hydrogens is 260 g/mol. The highest BCUT2D eigenvalue weighted by molar-refractivity contribution is 5.97. The Labute approximate surface area is 123 Å². The van der Waals surface area contributed by atoms with E-state index < -0.39 is 0 Å². The zero-order valence-corrected chi connectivity index (χ0v) is 12.1. The van der Waals surface area contributed by atoms with Crippen molar-refractivity contribution in [2.75, 3.05) is 6.54 Å². The van der Waals surface area contributed by atoms with E-state index in [2.05, 4.69) is 33.7 Å². The van der Waals surface area contributed by atoms with E-state index in [4.69, 9.17) is 0 Å². The molecule has 1 amide bonds. The number of carbonyl (C=O) groups excluding carboxylic acids is 1. The van der Waals surface area contributed by atoms with Gasteiger partial charge in [0, 0.05) is 30.4 Å². The van der Waals surface area contributed by atoms with Crippen LogP contribution in [-0.2, 0) is 17.8 Å². The number of aromatic nitrogens is 1. The summed E-state index contributed by atoms with van der Waals surface area (Å²) in [6.07, 6.45) is 4.99. The third kappa shape index (κ3) is 1.41. The Morgan fingerprint density at radius 3 is 2.81 bits per heavy atom. The molecule has 0 atom stereocenters. The lowest BCUT2D eigenvalue weighted by atomic mass is 9.91. The number of aryl methyl sites for hydroxylation is 1. The summed E-state index contributed by atoms with van der Waals surface area (Å²) < 4.78 is 2.47. The van der Waals surface area contributed by atoms with Crippen LogP contribution in [0.4, 0.5) is 0 Å². The van der Waals surface area contributed by atoms with Crippen molar-refractivity contribution in [1.29, 1.82) is 0 Å². The minimum atomic E-state index is 0.318. The van der Waals surface area contributed by atoms with Crippen LogP contribution in [0.2, 0.25) is 0 Å². The zero-order chi connectivity index (χ0) is 14.0. The van der Waals surface area contributed by atoms with Gasteiger partial charge in [0.25, 0.3) is 0 Å². The maximum Gasteiger partial charge on any atom is 0.227 e. The Bertz CT molecular complexity index is 812. The molecule has 0 aliphatic carbocycles. The number of fused-ring (bicyclic) bond motifs is 3. The van der Waals surface area contributed by atoms with Crippen molar-refractivity contribution in [2.24, 2.45) is 0 Å². The van der Waals surface area contributed by atoms with Crippen LogP contribution in [0.1, 0.15) is 36.9 Å². The quantitative estimate of drug-likeness (QED) is 0.725. The zero-order valence-electron chi connectivity index (χ0n) is 12.1. The molecule has 106 valence electrons. The number of amides is 1. The molecule has 0 bridgehead atoms. The summed E-state index contributed by atoms with van der Waals surface area (Å²) in [6.45, 7) is 1.93. The van der Waals surface area contributed by atoms with Crippen LogP contribution in [0.25, 0.3) is 16.6 Å². The van der Waals surface area contributed by atoms with Gasteiger partial charge in [0.05, 0.1) is 11.4 Å². The second kappa shape index (κ2) is 4.00. The summed E-state index contributed by atoms with van der Waals surface area (Å²) in [5, 5.41) is 1.39. The monoisotopic (exact) mass is 278 g/mol. The van der Waals surface area contributed by atoms with Gasteiger partial charge in [0.2, 0.25) is 5.91 Å². The summed E-state index contributed by atoms with van der Waals surface area (Å²) >= 11 is 0. The summed E-state index contributed by atoms with van der Waals surface area (Å²) in [6, 6.07) is 8.73.